The van der Waals surface area contributed by atoms with Crippen molar-refractivity contribution in [2.75, 3.05) is 31.6 Å². The Morgan fingerprint density at radius 1 is 1.35 bits per heavy atom. The number of amides is 1. The minimum Gasteiger partial charge on any atom is -0.454 e. The topological polar surface area (TPSA) is 82.8 Å². The molecule has 20 heavy (non-hydrogen) atoms. The van der Waals surface area contributed by atoms with Gasteiger partial charge in [-0.25, -0.2) is 0 Å². The van der Waals surface area contributed by atoms with Crippen molar-refractivity contribution in [3.63, 3.8) is 0 Å². The molecule has 7 heteroatoms. The van der Waals surface area contributed by atoms with Crippen molar-refractivity contribution in [1.29, 1.82) is 0 Å². The number of nitrogens with one attached hydrogen (secondary N) is 1. The Hall–Kier alpha value is -1.66. The highest BCUT2D eigenvalue weighted by atomic mass is 35.5. The van der Waals surface area contributed by atoms with Crippen LogP contribution < -0.4 is 20.5 Å². The van der Waals surface area contributed by atoms with Gasteiger partial charge in [-0.05, 0) is 12.8 Å². The monoisotopic (exact) mass is 302 g/mol. The van der Waals surface area contributed by atoms with Gasteiger partial charge in [-0.15, -0.1) is 12.4 Å². The van der Waals surface area contributed by atoms with Crippen molar-refractivity contribution in [3.05, 3.63) is 12.1 Å². The van der Waals surface area contributed by atoms with E-state index in [2.05, 4.69) is 5.32 Å². The van der Waals surface area contributed by atoms with Crippen LogP contribution in [0.1, 0.15) is 19.3 Å². The maximum absolute atomic E-state index is 11.7. The summed E-state index contributed by atoms with van der Waals surface area (Å²) < 4.78 is 15.4. The van der Waals surface area contributed by atoms with Gasteiger partial charge in [-0.3, -0.25) is 4.79 Å². The highest BCUT2D eigenvalue weighted by Crippen LogP contribution is 2.38. The first-order valence-corrected chi connectivity index (χ1v) is 6.18. The molecular formula is C13H19ClN2O4. The van der Waals surface area contributed by atoms with E-state index >= 15 is 0 Å². The molecule has 2 rings (SSSR count). The Kier molecular flexibility index (Phi) is 6.41. The van der Waals surface area contributed by atoms with Crippen LogP contribution in [0.2, 0.25) is 0 Å². The van der Waals surface area contributed by atoms with Crippen LogP contribution in [-0.4, -0.2) is 26.4 Å². The van der Waals surface area contributed by atoms with Crippen LogP contribution in [0.3, 0.4) is 0 Å². The largest absolute Gasteiger partial charge is 0.454 e. The zero-order valence-corrected chi connectivity index (χ0v) is 12.1. The zero-order valence-electron chi connectivity index (χ0n) is 11.3. The van der Waals surface area contributed by atoms with Gasteiger partial charge in [0, 0.05) is 32.3 Å². The van der Waals surface area contributed by atoms with Crippen molar-refractivity contribution in [3.8, 4) is 11.5 Å². The molecule has 0 atom stereocenters. The molecule has 0 aliphatic carbocycles. The van der Waals surface area contributed by atoms with E-state index in [0.29, 0.717) is 35.9 Å². The second-order valence-electron chi connectivity index (χ2n) is 4.29. The molecule has 6 nitrogen and oxygen atoms in total. The molecule has 112 valence electrons. The Balaban J connectivity index is 0.00000200. The number of nitrogen functional groups attached to an aromatic ring is 1. The molecule has 0 fully saturated rings. The Morgan fingerprint density at radius 2 is 2.05 bits per heavy atom. The Morgan fingerprint density at radius 3 is 2.75 bits per heavy atom. The predicted molar refractivity (Wildman–Crippen MR) is 78.6 cm³/mol. The molecule has 0 unspecified atom stereocenters. The summed E-state index contributed by atoms with van der Waals surface area (Å²) in [6.45, 7) is 0.850. The lowest BCUT2D eigenvalue weighted by Gasteiger charge is -2.09. The maximum Gasteiger partial charge on any atom is 0.231 e. The highest BCUT2D eigenvalue weighted by molar-refractivity contribution is 5.94. The van der Waals surface area contributed by atoms with Crippen LogP contribution in [0.25, 0.3) is 0 Å². The second-order valence-corrected chi connectivity index (χ2v) is 4.29. The normalized spacial score (nSPS) is 11.8. The van der Waals surface area contributed by atoms with Crippen LogP contribution in [0, 0.1) is 0 Å². The molecule has 0 saturated carbocycles. The lowest BCUT2D eigenvalue weighted by atomic mass is 10.2. The van der Waals surface area contributed by atoms with Gasteiger partial charge in [-0.2, -0.15) is 0 Å². The molecule has 0 spiro atoms. The van der Waals surface area contributed by atoms with Gasteiger partial charge in [0.25, 0.3) is 0 Å². The molecule has 3 N–H and O–H groups in total. The van der Waals surface area contributed by atoms with Gasteiger partial charge >= 0.3 is 0 Å². The molecule has 1 aliphatic rings. The molecular weight excluding hydrogens is 284 g/mol. The van der Waals surface area contributed by atoms with E-state index in [9.17, 15) is 4.79 Å². The first-order chi connectivity index (χ1) is 9.20. The number of carbonyl (C=O) groups is 1. The van der Waals surface area contributed by atoms with Gasteiger partial charge in [-0.1, -0.05) is 0 Å². The summed E-state index contributed by atoms with van der Waals surface area (Å²) in [6, 6.07) is 3.34. The van der Waals surface area contributed by atoms with Crippen LogP contribution in [0.4, 0.5) is 11.4 Å². The number of hydrogen-bond acceptors (Lipinski definition) is 5. The van der Waals surface area contributed by atoms with E-state index in [1.165, 1.54) is 0 Å². The Labute approximate surface area is 124 Å². The van der Waals surface area contributed by atoms with Crippen molar-refractivity contribution in [2.45, 2.75) is 19.3 Å². The smallest absolute Gasteiger partial charge is 0.231 e. The highest BCUT2D eigenvalue weighted by Gasteiger charge is 2.17. The molecule has 1 aliphatic heterocycles. The lowest BCUT2D eigenvalue weighted by Crippen LogP contribution is -2.12. The molecule has 1 aromatic carbocycles. The third-order valence-electron chi connectivity index (χ3n) is 2.82. The van der Waals surface area contributed by atoms with Crippen molar-refractivity contribution < 1.29 is 19.0 Å². The molecule has 0 radical (unpaired) electrons. The van der Waals surface area contributed by atoms with E-state index in [4.69, 9.17) is 19.9 Å². The number of halogens is 1. The number of methoxy groups -OCH3 is 1. The zero-order chi connectivity index (χ0) is 13.7. The van der Waals surface area contributed by atoms with E-state index in [-0.39, 0.29) is 25.1 Å². The van der Waals surface area contributed by atoms with Crippen molar-refractivity contribution >= 4 is 29.7 Å². The Bertz CT molecular complexity index is 468. The summed E-state index contributed by atoms with van der Waals surface area (Å²) in [5.41, 5.74) is 6.87. The number of benzene rings is 1. The van der Waals surface area contributed by atoms with Crippen LogP contribution in [0.5, 0.6) is 11.5 Å². The molecule has 1 aromatic rings. The molecule has 1 heterocycles. The number of carbonyl (C=O) groups excluding carboxylic acids is 1. The molecule has 0 bridgehead atoms. The van der Waals surface area contributed by atoms with E-state index in [0.717, 1.165) is 12.8 Å². The molecule has 0 saturated heterocycles. The average molecular weight is 303 g/mol. The first-order valence-electron chi connectivity index (χ1n) is 6.18. The first kappa shape index (κ1) is 16.4. The van der Waals surface area contributed by atoms with Gasteiger partial charge in [0.05, 0.1) is 11.4 Å². The van der Waals surface area contributed by atoms with Crippen LogP contribution in [0.15, 0.2) is 12.1 Å². The lowest BCUT2D eigenvalue weighted by molar-refractivity contribution is -0.116. The summed E-state index contributed by atoms with van der Waals surface area (Å²) >= 11 is 0. The van der Waals surface area contributed by atoms with Gasteiger partial charge in [0.2, 0.25) is 12.7 Å². The van der Waals surface area contributed by atoms with E-state index < -0.39 is 0 Å². The number of anilines is 2. The van der Waals surface area contributed by atoms with Crippen molar-refractivity contribution in [2.24, 2.45) is 0 Å². The van der Waals surface area contributed by atoms with Crippen molar-refractivity contribution in [1.82, 2.24) is 0 Å². The minimum atomic E-state index is -0.0679. The summed E-state index contributed by atoms with van der Waals surface area (Å²) in [5.74, 6) is 1.14. The van der Waals surface area contributed by atoms with Crippen LogP contribution in [-0.2, 0) is 9.53 Å². The second kappa shape index (κ2) is 7.81. The average Bonchev–Trinajstić information content (AvgIpc) is 2.82. The maximum atomic E-state index is 11.7. The summed E-state index contributed by atoms with van der Waals surface area (Å²) in [4.78, 5) is 11.7. The predicted octanol–water partition coefficient (Wildman–Crippen LogP) is 2.17. The number of ether oxygens (including phenoxy) is 3. The van der Waals surface area contributed by atoms with E-state index in [1.807, 2.05) is 0 Å². The number of fused-ring (bicyclic) bond motifs is 1. The van der Waals surface area contributed by atoms with Crippen LogP contribution >= 0.6 is 12.4 Å². The van der Waals surface area contributed by atoms with Gasteiger partial charge in [0.15, 0.2) is 11.5 Å². The van der Waals surface area contributed by atoms with Gasteiger partial charge in [0.1, 0.15) is 0 Å². The van der Waals surface area contributed by atoms with Gasteiger partial charge < -0.3 is 25.3 Å². The molecule has 0 aromatic heterocycles. The third kappa shape index (κ3) is 4.18. The molecule has 1 amide bonds. The fraction of sp³-hybridized carbons (Fsp3) is 0.462. The number of nitrogens with two attached hydrogens (primary N) is 1. The number of hydrogen-bond donors (Lipinski definition) is 2. The standard InChI is InChI=1S/C13H18N2O4.ClH/c1-17-5-3-2-4-13(16)15-10-7-12-11(6-9(10)14)18-8-19-12;/h6-7H,2-5,8,14H2,1H3,(H,15,16);1H. The summed E-state index contributed by atoms with van der Waals surface area (Å²) in [7, 11) is 1.65. The number of rotatable bonds is 6. The fourth-order valence-corrected chi connectivity index (χ4v) is 1.81. The van der Waals surface area contributed by atoms with E-state index in [1.54, 1.807) is 19.2 Å². The minimum absolute atomic E-state index is 0. The number of unbranched alkanes of at least 4 members (excludes halogenated alkanes) is 1. The SMILES string of the molecule is COCCCCC(=O)Nc1cc2c(cc1N)OCO2.Cl. The summed E-state index contributed by atoms with van der Waals surface area (Å²) in [5, 5.41) is 2.78. The quantitative estimate of drug-likeness (QED) is 0.621. The fourth-order valence-electron chi connectivity index (χ4n) is 1.81. The summed E-state index contributed by atoms with van der Waals surface area (Å²) in [6.07, 6.45) is 2.09. The third-order valence-corrected chi connectivity index (χ3v) is 2.82.